The van der Waals surface area contributed by atoms with Gasteiger partial charge >= 0.3 is 0 Å². The van der Waals surface area contributed by atoms with Crippen molar-refractivity contribution >= 4 is 17.0 Å². The molecular weight excluding hydrogens is 264 g/mol. The number of methoxy groups -OCH3 is 1. The van der Waals surface area contributed by atoms with Crippen LogP contribution in [0.2, 0.25) is 0 Å². The van der Waals surface area contributed by atoms with Crippen LogP contribution < -0.4 is 10.5 Å². The van der Waals surface area contributed by atoms with Gasteiger partial charge in [-0.1, -0.05) is 6.07 Å². The first-order chi connectivity index (χ1) is 9.29. The predicted octanol–water partition coefficient (Wildman–Crippen LogP) is 2.45. The molecule has 1 saturated heterocycles. The molecule has 1 aromatic carbocycles. The van der Waals surface area contributed by atoms with Crippen molar-refractivity contribution in [2.75, 3.05) is 26.1 Å². The van der Waals surface area contributed by atoms with Crippen molar-refractivity contribution in [2.24, 2.45) is 0 Å². The highest BCUT2D eigenvalue weighted by Gasteiger charge is 2.22. The van der Waals surface area contributed by atoms with Crippen LogP contribution in [0, 0.1) is 0 Å². The standard InChI is InChI=1S/C13H14N2O3S/c1-16-11-8(3-2-4-9(11)14)10-7-15-12(19-10)13-17-5-6-18-13/h2-4,7,13H,5-6,14H2,1H3. The molecule has 2 aromatic rings. The molecule has 1 aliphatic heterocycles. The van der Waals surface area contributed by atoms with E-state index in [9.17, 15) is 0 Å². The Morgan fingerprint density at radius 3 is 2.89 bits per heavy atom. The number of hydrogen-bond donors (Lipinski definition) is 1. The summed E-state index contributed by atoms with van der Waals surface area (Å²) in [5.41, 5.74) is 7.46. The lowest BCUT2D eigenvalue weighted by atomic mass is 10.1. The average Bonchev–Trinajstić information content (AvgIpc) is 3.09. The fraction of sp³-hybridized carbons (Fsp3) is 0.308. The minimum atomic E-state index is -0.342. The number of thiazole rings is 1. The van der Waals surface area contributed by atoms with Gasteiger partial charge in [0.1, 0.15) is 10.8 Å². The van der Waals surface area contributed by atoms with E-state index in [4.69, 9.17) is 19.9 Å². The number of para-hydroxylation sites is 1. The maximum absolute atomic E-state index is 5.91. The van der Waals surface area contributed by atoms with E-state index in [2.05, 4.69) is 4.98 Å². The number of nitrogens with zero attached hydrogens (tertiary/aromatic N) is 1. The Labute approximate surface area is 114 Å². The maximum atomic E-state index is 5.91. The molecular formula is C13H14N2O3S. The third-order valence-electron chi connectivity index (χ3n) is 2.86. The fourth-order valence-corrected chi connectivity index (χ4v) is 2.94. The van der Waals surface area contributed by atoms with Gasteiger partial charge in [0.05, 0.1) is 30.9 Å². The summed E-state index contributed by atoms with van der Waals surface area (Å²) in [5.74, 6) is 0.672. The summed E-state index contributed by atoms with van der Waals surface area (Å²) in [6.07, 6.45) is 1.45. The quantitative estimate of drug-likeness (QED) is 0.873. The number of benzene rings is 1. The molecule has 0 bridgehead atoms. The van der Waals surface area contributed by atoms with E-state index in [1.807, 2.05) is 18.2 Å². The summed E-state index contributed by atoms with van der Waals surface area (Å²) >= 11 is 1.52. The van der Waals surface area contributed by atoms with Crippen molar-refractivity contribution in [1.82, 2.24) is 4.98 Å². The van der Waals surface area contributed by atoms with Gasteiger partial charge in [-0.2, -0.15) is 0 Å². The first-order valence-electron chi connectivity index (χ1n) is 5.91. The van der Waals surface area contributed by atoms with E-state index < -0.39 is 0 Å². The molecule has 3 rings (SSSR count). The molecule has 1 aromatic heterocycles. The van der Waals surface area contributed by atoms with Gasteiger partial charge < -0.3 is 19.9 Å². The molecule has 100 valence electrons. The van der Waals surface area contributed by atoms with Crippen molar-refractivity contribution in [3.05, 3.63) is 29.4 Å². The van der Waals surface area contributed by atoms with Gasteiger partial charge in [-0.15, -0.1) is 11.3 Å². The smallest absolute Gasteiger partial charge is 0.211 e. The first-order valence-corrected chi connectivity index (χ1v) is 6.73. The molecule has 0 unspecified atom stereocenters. The second-order valence-corrected chi connectivity index (χ2v) is 5.13. The number of ether oxygens (including phenoxy) is 3. The van der Waals surface area contributed by atoms with Crippen LogP contribution in [0.5, 0.6) is 5.75 Å². The summed E-state index contributed by atoms with van der Waals surface area (Å²) in [7, 11) is 1.61. The zero-order valence-electron chi connectivity index (χ0n) is 10.5. The number of nitrogen functional groups attached to an aromatic ring is 1. The van der Waals surface area contributed by atoms with Crippen LogP contribution >= 0.6 is 11.3 Å². The molecule has 5 nitrogen and oxygen atoms in total. The molecule has 2 heterocycles. The fourth-order valence-electron chi connectivity index (χ4n) is 2.00. The van der Waals surface area contributed by atoms with Gasteiger partial charge in [0, 0.05) is 11.8 Å². The normalized spacial score (nSPS) is 15.8. The number of hydrogen-bond acceptors (Lipinski definition) is 6. The van der Waals surface area contributed by atoms with Crippen LogP contribution in [0.1, 0.15) is 11.3 Å². The Kier molecular flexibility index (Phi) is 3.37. The SMILES string of the molecule is COc1c(N)cccc1-c1cnc(C2OCCO2)s1. The Bertz CT molecular complexity index is 579. The van der Waals surface area contributed by atoms with Gasteiger partial charge in [0.2, 0.25) is 6.29 Å². The zero-order chi connectivity index (χ0) is 13.2. The largest absolute Gasteiger partial charge is 0.494 e. The van der Waals surface area contributed by atoms with Crippen molar-refractivity contribution in [3.8, 4) is 16.2 Å². The molecule has 6 heteroatoms. The van der Waals surface area contributed by atoms with E-state index in [-0.39, 0.29) is 6.29 Å². The number of anilines is 1. The highest BCUT2D eigenvalue weighted by atomic mass is 32.1. The van der Waals surface area contributed by atoms with Crippen LogP contribution in [-0.4, -0.2) is 25.3 Å². The zero-order valence-corrected chi connectivity index (χ0v) is 11.3. The molecule has 0 atom stereocenters. The number of aromatic nitrogens is 1. The molecule has 0 saturated carbocycles. The Hall–Kier alpha value is -1.63. The number of nitrogens with two attached hydrogens (primary N) is 1. The lowest BCUT2D eigenvalue weighted by molar-refractivity contribution is -0.0442. The van der Waals surface area contributed by atoms with E-state index in [0.29, 0.717) is 24.7 Å². The minimum absolute atomic E-state index is 0.342. The highest BCUT2D eigenvalue weighted by molar-refractivity contribution is 7.15. The molecule has 0 amide bonds. The van der Waals surface area contributed by atoms with Gasteiger partial charge in [0.25, 0.3) is 0 Å². The van der Waals surface area contributed by atoms with E-state index in [1.54, 1.807) is 13.3 Å². The Balaban J connectivity index is 1.96. The highest BCUT2D eigenvalue weighted by Crippen LogP contribution is 2.39. The molecule has 0 radical (unpaired) electrons. The Morgan fingerprint density at radius 2 is 2.16 bits per heavy atom. The van der Waals surface area contributed by atoms with E-state index in [0.717, 1.165) is 15.4 Å². The Morgan fingerprint density at radius 1 is 1.37 bits per heavy atom. The van der Waals surface area contributed by atoms with Crippen molar-refractivity contribution in [2.45, 2.75) is 6.29 Å². The van der Waals surface area contributed by atoms with E-state index in [1.165, 1.54) is 11.3 Å². The van der Waals surface area contributed by atoms with Crippen LogP contribution in [0.15, 0.2) is 24.4 Å². The van der Waals surface area contributed by atoms with Crippen LogP contribution in [0.4, 0.5) is 5.69 Å². The number of rotatable bonds is 3. The van der Waals surface area contributed by atoms with Crippen LogP contribution in [0.3, 0.4) is 0 Å². The van der Waals surface area contributed by atoms with Gasteiger partial charge in [-0.25, -0.2) is 4.98 Å². The molecule has 1 aliphatic rings. The minimum Gasteiger partial charge on any atom is -0.494 e. The molecule has 0 aliphatic carbocycles. The van der Waals surface area contributed by atoms with Crippen molar-refractivity contribution in [3.63, 3.8) is 0 Å². The molecule has 2 N–H and O–H groups in total. The second-order valence-electron chi connectivity index (χ2n) is 4.06. The van der Waals surface area contributed by atoms with Crippen LogP contribution in [0.25, 0.3) is 10.4 Å². The van der Waals surface area contributed by atoms with Gasteiger partial charge in [0.15, 0.2) is 0 Å². The predicted molar refractivity (Wildman–Crippen MR) is 73.2 cm³/mol. The summed E-state index contributed by atoms with van der Waals surface area (Å²) in [5, 5.41) is 0.817. The topological polar surface area (TPSA) is 66.6 Å². The monoisotopic (exact) mass is 278 g/mol. The summed E-state index contributed by atoms with van der Waals surface area (Å²) < 4.78 is 16.2. The van der Waals surface area contributed by atoms with Crippen molar-refractivity contribution in [1.29, 1.82) is 0 Å². The third-order valence-corrected chi connectivity index (χ3v) is 3.91. The van der Waals surface area contributed by atoms with Gasteiger partial charge in [-0.05, 0) is 12.1 Å². The lowest BCUT2D eigenvalue weighted by Crippen LogP contribution is -1.95. The molecule has 1 fully saturated rings. The summed E-state index contributed by atoms with van der Waals surface area (Å²) in [6.45, 7) is 1.22. The summed E-state index contributed by atoms with van der Waals surface area (Å²) in [4.78, 5) is 5.34. The summed E-state index contributed by atoms with van der Waals surface area (Å²) in [6, 6.07) is 5.67. The first kappa shape index (κ1) is 12.4. The lowest BCUT2D eigenvalue weighted by Gasteiger charge is -2.09. The second kappa shape index (κ2) is 5.16. The molecule has 19 heavy (non-hydrogen) atoms. The average molecular weight is 278 g/mol. The molecule has 0 spiro atoms. The maximum Gasteiger partial charge on any atom is 0.211 e. The third kappa shape index (κ3) is 2.30. The van der Waals surface area contributed by atoms with Crippen molar-refractivity contribution < 1.29 is 14.2 Å². The van der Waals surface area contributed by atoms with Gasteiger partial charge in [-0.3, -0.25) is 0 Å². The van der Waals surface area contributed by atoms with Crippen LogP contribution in [-0.2, 0) is 9.47 Å². The van der Waals surface area contributed by atoms with E-state index >= 15 is 0 Å².